The number of allylic oxidation sites excluding steroid dienone is 5. The molecule has 0 bridgehead atoms. The van der Waals surface area contributed by atoms with Crippen molar-refractivity contribution in [2.75, 3.05) is 0 Å². The number of rotatable bonds is 5. The summed E-state index contributed by atoms with van der Waals surface area (Å²) in [4.78, 5) is 1.44. The predicted octanol–water partition coefficient (Wildman–Crippen LogP) is 14.1. The molecule has 8 aromatic rings. The van der Waals surface area contributed by atoms with E-state index in [9.17, 15) is 0 Å². The van der Waals surface area contributed by atoms with Crippen molar-refractivity contribution in [3.8, 4) is 27.9 Å². The fourth-order valence-electron chi connectivity index (χ4n) is 9.68. The van der Waals surface area contributed by atoms with Crippen LogP contribution in [0.2, 0.25) is 0 Å². The molecule has 0 aliphatic heterocycles. The first-order chi connectivity index (χ1) is 26.5. The number of thiophene rings is 1. The SMILES string of the molecule is CC1(C)c2cc(-n3c4ccc(C/C=C\C=C5/CCc6ccccc65)cc4c4cc(-c5ccccc5)ccc43)ccc2-c2c1ccc1c3c(sc21)C=CCC3. The molecule has 1 nitrogen and oxygen atoms in total. The van der Waals surface area contributed by atoms with Gasteiger partial charge in [0.15, 0.2) is 0 Å². The molecule has 0 N–H and O–H groups in total. The monoisotopic (exact) mass is 711 g/mol. The van der Waals surface area contributed by atoms with Gasteiger partial charge in [-0.05, 0) is 136 Å². The van der Waals surface area contributed by atoms with Crippen LogP contribution in [0.5, 0.6) is 0 Å². The standard InChI is InChI=1S/C52H41NS/c1-52(2)45-27-26-41-40-18-10-11-19-49(40)54-51(41)50(45)42-25-24-38(32-46(42)52)53-47-28-20-33(12-6-7-15-35-21-22-36-16-8-9-17-39(35)36)30-43(47)44-31-37(23-29-48(44)53)34-13-4-3-5-14-34/h3-9,11,13-17,19-20,23-32H,10,12,18,21-22H2,1-2H3/b7-6-,35-15+. The molecule has 2 heterocycles. The van der Waals surface area contributed by atoms with Crippen LogP contribution in [-0.4, -0.2) is 4.57 Å². The topological polar surface area (TPSA) is 4.93 Å². The molecule has 6 aromatic carbocycles. The lowest BCUT2D eigenvalue weighted by Crippen LogP contribution is -2.15. The minimum absolute atomic E-state index is 0.0934. The van der Waals surface area contributed by atoms with Gasteiger partial charge in [0.05, 0.1) is 11.0 Å². The predicted molar refractivity (Wildman–Crippen MR) is 232 cm³/mol. The Balaban J connectivity index is 1.03. The van der Waals surface area contributed by atoms with Gasteiger partial charge in [-0.1, -0.05) is 123 Å². The summed E-state index contributed by atoms with van der Waals surface area (Å²) in [6, 6.07) is 45.9. The first-order valence-corrected chi connectivity index (χ1v) is 20.3. The molecule has 3 aliphatic rings. The highest BCUT2D eigenvalue weighted by molar-refractivity contribution is 7.20. The van der Waals surface area contributed by atoms with Crippen molar-refractivity contribution in [3.05, 3.63) is 184 Å². The van der Waals surface area contributed by atoms with Crippen LogP contribution in [0.25, 0.3) is 71.5 Å². The normalized spacial score (nSPS) is 16.1. The quantitative estimate of drug-likeness (QED) is 0.167. The van der Waals surface area contributed by atoms with Gasteiger partial charge in [0.25, 0.3) is 0 Å². The summed E-state index contributed by atoms with van der Waals surface area (Å²) in [6.45, 7) is 4.83. The second-order valence-electron chi connectivity index (χ2n) is 15.9. The minimum Gasteiger partial charge on any atom is -0.309 e. The third-order valence-corrected chi connectivity index (χ3v) is 13.7. The molecule has 0 radical (unpaired) electrons. The molecular formula is C52H41NS. The smallest absolute Gasteiger partial charge is 0.0541 e. The third kappa shape index (κ3) is 4.83. The third-order valence-electron chi connectivity index (χ3n) is 12.5. The van der Waals surface area contributed by atoms with Gasteiger partial charge < -0.3 is 4.57 Å². The zero-order valence-corrected chi connectivity index (χ0v) is 31.6. The Labute approximate surface area is 321 Å². The molecule has 2 heteroatoms. The molecule has 0 fully saturated rings. The Morgan fingerprint density at radius 1 is 0.685 bits per heavy atom. The summed E-state index contributed by atoms with van der Waals surface area (Å²) in [5.41, 5.74) is 19.0. The second kappa shape index (κ2) is 12.2. The van der Waals surface area contributed by atoms with E-state index in [1.807, 2.05) is 11.3 Å². The largest absolute Gasteiger partial charge is 0.309 e. The fraction of sp³-hybridized carbons (Fsp3) is 0.154. The molecular weight excluding hydrogens is 671 g/mol. The summed E-state index contributed by atoms with van der Waals surface area (Å²) >= 11 is 1.99. The zero-order valence-electron chi connectivity index (χ0n) is 30.8. The Morgan fingerprint density at radius 2 is 1.52 bits per heavy atom. The van der Waals surface area contributed by atoms with Crippen molar-refractivity contribution in [3.63, 3.8) is 0 Å². The number of fused-ring (bicyclic) bond motifs is 11. The van der Waals surface area contributed by atoms with Gasteiger partial charge in [-0.25, -0.2) is 0 Å². The van der Waals surface area contributed by atoms with Crippen molar-refractivity contribution in [1.82, 2.24) is 4.57 Å². The highest BCUT2D eigenvalue weighted by Gasteiger charge is 2.38. The molecule has 0 amide bonds. The van der Waals surface area contributed by atoms with E-state index in [1.165, 1.54) is 104 Å². The van der Waals surface area contributed by atoms with Crippen molar-refractivity contribution in [2.45, 2.75) is 51.4 Å². The lowest BCUT2D eigenvalue weighted by atomic mass is 9.82. The molecule has 0 saturated carbocycles. The first kappa shape index (κ1) is 31.8. The molecule has 0 spiro atoms. The van der Waals surface area contributed by atoms with Gasteiger partial charge >= 0.3 is 0 Å². The summed E-state index contributed by atoms with van der Waals surface area (Å²) in [7, 11) is 0. The van der Waals surface area contributed by atoms with Crippen molar-refractivity contribution in [1.29, 1.82) is 0 Å². The van der Waals surface area contributed by atoms with Gasteiger partial charge in [-0.3, -0.25) is 0 Å². The van der Waals surface area contributed by atoms with Crippen LogP contribution < -0.4 is 0 Å². The average molecular weight is 712 g/mol. The molecule has 11 rings (SSSR count). The molecule has 2 aromatic heterocycles. The van der Waals surface area contributed by atoms with E-state index in [2.05, 4.69) is 170 Å². The summed E-state index contributed by atoms with van der Waals surface area (Å²) < 4.78 is 3.96. The van der Waals surface area contributed by atoms with Gasteiger partial charge in [0, 0.05) is 37.0 Å². The van der Waals surface area contributed by atoms with Crippen LogP contribution in [0.4, 0.5) is 0 Å². The highest BCUT2D eigenvalue weighted by atomic mass is 32.1. The van der Waals surface area contributed by atoms with Gasteiger partial charge in [-0.15, -0.1) is 11.3 Å². The Bertz CT molecular complexity index is 2920. The van der Waals surface area contributed by atoms with E-state index >= 15 is 0 Å². The van der Waals surface area contributed by atoms with E-state index in [0.717, 1.165) is 32.1 Å². The molecule has 54 heavy (non-hydrogen) atoms. The maximum atomic E-state index is 2.50. The summed E-state index contributed by atoms with van der Waals surface area (Å²) in [5, 5.41) is 4.05. The van der Waals surface area contributed by atoms with Crippen LogP contribution in [0.3, 0.4) is 0 Å². The average Bonchev–Trinajstić information content (AvgIpc) is 3.95. The number of hydrogen-bond donors (Lipinski definition) is 0. The van der Waals surface area contributed by atoms with Crippen molar-refractivity contribution < 1.29 is 0 Å². The van der Waals surface area contributed by atoms with Crippen LogP contribution in [0.15, 0.2) is 146 Å². The van der Waals surface area contributed by atoms with E-state index in [-0.39, 0.29) is 5.41 Å². The number of hydrogen-bond acceptors (Lipinski definition) is 1. The Hall–Kier alpha value is -5.70. The Morgan fingerprint density at radius 3 is 2.43 bits per heavy atom. The minimum atomic E-state index is -0.0934. The maximum Gasteiger partial charge on any atom is 0.0541 e. The lowest BCUT2D eigenvalue weighted by Gasteiger charge is -2.22. The van der Waals surface area contributed by atoms with E-state index in [1.54, 1.807) is 0 Å². The number of aryl methyl sites for hydroxylation is 2. The lowest BCUT2D eigenvalue weighted by molar-refractivity contribution is 0.660. The fourth-order valence-corrected chi connectivity index (χ4v) is 11.0. The first-order valence-electron chi connectivity index (χ1n) is 19.5. The van der Waals surface area contributed by atoms with Gasteiger partial charge in [-0.2, -0.15) is 0 Å². The Kier molecular flexibility index (Phi) is 7.16. The zero-order chi connectivity index (χ0) is 36.0. The van der Waals surface area contributed by atoms with Crippen LogP contribution in [-0.2, 0) is 24.7 Å². The summed E-state index contributed by atoms with van der Waals surface area (Å²) in [6.07, 6.45) is 17.0. The number of nitrogens with zero attached hydrogens (tertiary/aromatic N) is 1. The van der Waals surface area contributed by atoms with Gasteiger partial charge in [0.2, 0.25) is 0 Å². The van der Waals surface area contributed by atoms with E-state index < -0.39 is 0 Å². The van der Waals surface area contributed by atoms with Crippen LogP contribution in [0, 0.1) is 0 Å². The van der Waals surface area contributed by atoms with Crippen molar-refractivity contribution in [2.24, 2.45) is 0 Å². The molecule has 260 valence electrons. The number of benzene rings is 6. The molecule has 0 unspecified atom stereocenters. The summed E-state index contributed by atoms with van der Waals surface area (Å²) in [5.74, 6) is 0. The molecule has 0 saturated heterocycles. The maximum absolute atomic E-state index is 2.50. The highest BCUT2D eigenvalue weighted by Crippen LogP contribution is 2.54. The van der Waals surface area contributed by atoms with E-state index in [4.69, 9.17) is 0 Å². The number of aromatic nitrogens is 1. The van der Waals surface area contributed by atoms with E-state index in [0.29, 0.717) is 0 Å². The second-order valence-corrected chi connectivity index (χ2v) is 16.9. The van der Waals surface area contributed by atoms with Crippen molar-refractivity contribution >= 4 is 54.9 Å². The van der Waals surface area contributed by atoms with Crippen LogP contribution >= 0.6 is 11.3 Å². The molecule has 3 aliphatic carbocycles. The van der Waals surface area contributed by atoms with Crippen LogP contribution in [0.1, 0.15) is 64.9 Å². The van der Waals surface area contributed by atoms with Gasteiger partial charge in [0.1, 0.15) is 0 Å². The molecule has 0 atom stereocenters.